The first-order valence-corrected chi connectivity index (χ1v) is 6.58. The molecule has 0 unspecified atom stereocenters. The number of anilines is 1. The predicted octanol–water partition coefficient (Wildman–Crippen LogP) is 1.77. The minimum atomic E-state index is -0.502. The normalized spacial score (nSPS) is 16.6. The smallest absolute Gasteiger partial charge is 0.241 e. The number of rotatable bonds is 4. The molecule has 19 heavy (non-hydrogen) atoms. The molecule has 0 aromatic heterocycles. The fourth-order valence-electron chi connectivity index (χ4n) is 1.86. The maximum Gasteiger partial charge on any atom is 0.241 e. The molecule has 0 radical (unpaired) electrons. The molecule has 1 heterocycles. The number of hydrogen-bond donors (Lipinski definition) is 2. The highest BCUT2D eigenvalue weighted by Crippen LogP contribution is 2.32. The van der Waals surface area contributed by atoms with Crippen LogP contribution in [0.2, 0.25) is 0 Å². The first-order chi connectivity index (χ1) is 9.11. The van der Waals surface area contributed by atoms with Crippen molar-refractivity contribution in [2.24, 2.45) is 11.7 Å². The summed E-state index contributed by atoms with van der Waals surface area (Å²) < 4.78 is 10.9. The van der Waals surface area contributed by atoms with Crippen LogP contribution in [0.3, 0.4) is 0 Å². The Morgan fingerprint density at radius 1 is 1.37 bits per heavy atom. The number of hydrogen-bond acceptors (Lipinski definition) is 4. The van der Waals surface area contributed by atoms with Crippen molar-refractivity contribution in [1.29, 1.82) is 0 Å². The molecule has 1 aromatic carbocycles. The highest BCUT2D eigenvalue weighted by atomic mass is 16.6. The molecule has 1 aliphatic rings. The van der Waals surface area contributed by atoms with Crippen LogP contribution in [0.4, 0.5) is 5.69 Å². The van der Waals surface area contributed by atoms with Gasteiger partial charge in [0, 0.05) is 11.8 Å². The molecule has 1 aromatic rings. The van der Waals surface area contributed by atoms with Crippen LogP contribution in [0, 0.1) is 5.92 Å². The largest absolute Gasteiger partial charge is 0.486 e. The number of benzene rings is 1. The Kier molecular flexibility index (Phi) is 4.27. The van der Waals surface area contributed by atoms with Gasteiger partial charge in [-0.25, -0.2) is 0 Å². The van der Waals surface area contributed by atoms with Crippen LogP contribution in [0.25, 0.3) is 0 Å². The summed E-state index contributed by atoms with van der Waals surface area (Å²) in [7, 11) is 0. The van der Waals surface area contributed by atoms with Gasteiger partial charge in [-0.3, -0.25) is 4.79 Å². The highest BCUT2D eigenvalue weighted by Gasteiger charge is 2.20. The summed E-state index contributed by atoms with van der Waals surface area (Å²) in [6.45, 7) is 5.06. The summed E-state index contributed by atoms with van der Waals surface area (Å²) in [5.74, 6) is 1.33. The van der Waals surface area contributed by atoms with Gasteiger partial charge in [0.2, 0.25) is 5.91 Å². The predicted molar refractivity (Wildman–Crippen MR) is 73.5 cm³/mol. The fraction of sp³-hybridized carbons (Fsp3) is 0.500. The topological polar surface area (TPSA) is 73.6 Å². The standard InChI is InChI=1S/C14H20N2O3/c1-3-9(2)13(15)14(17)16-10-4-5-11-12(8-10)19-7-6-18-11/h4-5,8-9,13H,3,6-7,15H2,1-2H3,(H,16,17)/t9-,13-/m0/s1. The Morgan fingerprint density at radius 3 is 2.74 bits per heavy atom. The first kappa shape index (κ1) is 13.7. The second kappa shape index (κ2) is 5.93. The third-order valence-corrected chi connectivity index (χ3v) is 3.37. The zero-order valence-corrected chi connectivity index (χ0v) is 11.3. The van der Waals surface area contributed by atoms with Crippen molar-refractivity contribution in [3.63, 3.8) is 0 Å². The van der Waals surface area contributed by atoms with Crippen LogP contribution in [-0.2, 0) is 4.79 Å². The molecule has 0 saturated carbocycles. The molecule has 0 fully saturated rings. The molecule has 2 rings (SSSR count). The average molecular weight is 264 g/mol. The van der Waals surface area contributed by atoms with Gasteiger partial charge < -0.3 is 20.5 Å². The molecule has 5 nitrogen and oxygen atoms in total. The third-order valence-electron chi connectivity index (χ3n) is 3.37. The minimum absolute atomic E-state index is 0.150. The van der Waals surface area contributed by atoms with Crippen molar-refractivity contribution in [2.75, 3.05) is 18.5 Å². The van der Waals surface area contributed by atoms with E-state index in [1.54, 1.807) is 18.2 Å². The SMILES string of the molecule is CC[C@H](C)[C@H](N)C(=O)Nc1ccc2c(c1)OCCO2. The summed E-state index contributed by atoms with van der Waals surface area (Å²) in [5.41, 5.74) is 6.56. The molecule has 1 aliphatic heterocycles. The van der Waals surface area contributed by atoms with Gasteiger partial charge in [-0.2, -0.15) is 0 Å². The Labute approximate surface area is 113 Å². The fourth-order valence-corrected chi connectivity index (χ4v) is 1.86. The Bertz CT molecular complexity index is 462. The number of carbonyl (C=O) groups is 1. The second-order valence-electron chi connectivity index (χ2n) is 4.76. The lowest BCUT2D eigenvalue weighted by Gasteiger charge is -2.20. The molecule has 0 saturated heterocycles. The summed E-state index contributed by atoms with van der Waals surface area (Å²) in [5, 5.41) is 2.81. The zero-order valence-electron chi connectivity index (χ0n) is 11.3. The Hall–Kier alpha value is -1.75. The number of amides is 1. The third kappa shape index (κ3) is 3.17. The molecule has 0 bridgehead atoms. The van der Waals surface area contributed by atoms with E-state index in [-0.39, 0.29) is 11.8 Å². The second-order valence-corrected chi connectivity index (χ2v) is 4.76. The molecule has 0 aliphatic carbocycles. The van der Waals surface area contributed by atoms with Gasteiger partial charge in [-0.05, 0) is 18.1 Å². The number of nitrogens with two attached hydrogens (primary N) is 1. The maximum atomic E-state index is 12.0. The maximum absolute atomic E-state index is 12.0. The van der Waals surface area contributed by atoms with Crippen LogP contribution in [0.15, 0.2) is 18.2 Å². The molecule has 2 atom stereocenters. The Balaban J connectivity index is 2.05. The van der Waals surface area contributed by atoms with Crippen molar-refractivity contribution in [3.05, 3.63) is 18.2 Å². The lowest BCUT2D eigenvalue weighted by atomic mass is 9.99. The van der Waals surface area contributed by atoms with Gasteiger partial charge in [-0.1, -0.05) is 20.3 Å². The molecule has 3 N–H and O–H groups in total. The molecule has 104 valence electrons. The highest BCUT2D eigenvalue weighted by molar-refractivity contribution is 5.95. The van der Waals surface area contributed by atoms with Crippen molar-refractivity contribution < 1.29 is 14.3 Å². The summed E-state index contributed by atoms with van der Waals surface area (Å²) >= 11 is 0. The van der Waals surface area contributed by atoms with Gasteiger partial charge in [0.05, 0.1) is 6.04 Å². The summed E-state index contributed by atoms with van der Waals surface area (Å²) in [6.07, 6.45) is 0.871. The molecule has 0 spiro atoms. The number of carbonyl (C=O) groups excluding carboxylic acids is 1. The average Bonchev–Trinajstić information content (AvgIpc) is 2.45. The van der Waals surface area contributed by atoms with Crippen molar-refractivity contribution in [1.82, 2.24) is 0 Å². The van der Waals surface area contributed by atoms with Crippen molar-refractivity contribution in [3.8, 4) is 11.5 Å². The van der Waals surface area contributed by atoms with E-state index in [0.29, 0.717) is 30.4 Å². The molecule has 1 amide bonds. The molecular formula is C14H20N2O3. The summed E-state index contributed by atoms with van der Waals surface area (Å²) in [6, 6.07) is 4.83. The van der Waals surface area contributed by atoms with E-state index in [0.717, 1.165) is 6.42 Å². The van der Waals surface area contributed by atoms with E-state index in [1.165, 1.54) is 0 Å². The van der Waals surface area contributed by atoms with Crippen LogP contribution >= 0.6 is 0 Å². The van der Waals surface area contributed by atoms with Gasteiger partial charge in [0.25, 0.3) is 0 Å². The zero-order chi connectivity index (χ0) is 13.8. The van der Waals surface area contributed by atoms with Gasteiger partial charge >= 0.3 is 0 Å². The van der Waals surface area contributed by atoms with E-state index in [9.17, 15) is 4.79 Å². The van der Waals surface area contributed by atoms with Gasteiger partial charge in [-0.15, -0.1) is 0 Å². The summed E-state index contributed by atoms with van der Waals surface area (Å²) in [4.78, 5) is 12.0. The number of nitrogens with one attached hydrogen (secondary N) is 1. The van der Waals surface area contributed by atoms with E-state index < -0.39 is 6.04 Å². The van der Waals surface area contributed by atoms with Crippen LogP contribution in [-0.4, -0.2) is 25.2 Å². The van der Waals surface area contributed by atoms with Crippen LogP contribution < -0.4 is 20.5 Å². The minimum Gasteiger partial charge on any atom is -0.486 e. The monoisotopic (exact) mass is 264 g/mol. The van der Waals surface area contributed by atoms with E-state index in [2.05, 4.69) is 5.32 Å². The lowest BCUT2D eigenvalue weighted by Crippen LogP contribution is -2.40. The van der Waals surface area contributed by atoms with E-state index in [4.69, 9.17) is 15.2 Å². The van der Waals surface area contributed by atoms with Crippen LogP contribution in [0.5, 0.6) is 11.5 Å². The quantitative estimate of drug-likeness (QED) is 0.869. The van der Waals surface area contributed by atoms with E-state index in [1.807, 2.05) is 13.8 Å². The van der Waals surface area contributed by atoms with E-state index >= 15 is 0 Å². The number of ether oxygens (including phenoxy) is 2. The van der Waals surface area contributed by atoms with Crippen molar-refractivity contribution >= 4 is 11.6 Å². The van der Waals surface area contributed by atoms with Gasteiger partial charge in [0.15, 0.2) is 11.5 Å². The van der Waals surface area contributed by atoms with Crippen LogP contribution in [0.1, 0.15) is 20.3 Å². The number of fused-ring (bicyclic) bond motifs is 1. The van der Waals surface area contributed by atoms with Gasteiger partial charge in [0.1, 0.15) is 13.2 Å². The first-order valence-electron chi connectivity index (χ1n) is 6.58. The molecule has 5 heteroatoms. The molecular weight excluding hydrogens is 244 g/mol. The lowest BCUT2D eigenvalue weighted by molar-refractivity contribution is -0.118. The van der Waals surface area contributed by atoms with Crippen molar-refractivity contribution in [2.45, 2.75) is 26.3 Å². The Morgan fingerprint density at radius 2 is 2.05 bits per heavy atom.